The molecule has 3 fully saturated rings. The number of nitrogens with one attached hydrogen (secondary N) is 1. The second kappa shape index (κ2) is 5.49. The third-order valence-corrected chi connectivity index (χ3v) is 4.47. The van der Waals surface area contributed by atoms with E-state index < -0.39 is 0 Å². The minimum Gasteiger partial charge on any atom is -0.497 e. The molecule has 1 aromatic rings. The second-order valence-electron chi connectivity index (χ2n) is 5.45. The van der Waals surface area contributed by atoms with Crippen LogP contribution in [0.3, 0.4) is 0 Å². The van der Waals surface area contributed by atoms with Gasteiger partial charge in [0.1, 0.15) is 5.75 Å². The second-order valence-corrected chi connectivity index (χ2v) is 5.45. The van der Waals surface area contributed by atoms with Gasteiger partial charge in [-0.1, -0.05) is 12.1 Å². The maximum Gasteiger partial charge on any atom is 0.119 e. The molecule has 1 N–H and O–H groups in total. The monoisotopic (exact) mass is 261 g/mol. The Bertz CT molecular complexity index is 429. The smallest absolute Gasteiger partial charge is 0.119 e. The molecular weight excluding hydrogens is 238 g/mol. The highest BCUT2D eigenvalue weighted by Gasteiger charge is 2.36. The molecule has 4 rings (SSSR count). The molecule has 4 heteroatoms. The first-order valence-corrected chi connectivity index (χ1v) is 7.09. The van der Waals surface area contributed by atoms with E-state index in [0.717, 1.165) is 5.75 Å². The molecule has 4 nitrogen and oxygen atoms in total. The molecular formula is C15H23N3O. The Morgan fingerprint density at radius 3 is 2.63 bits per heavy atom. The summed E-state index contributed by atoms with van der Waals surface area (Å²) >= 11 is 0. The van der Waals surface area contributed by atoms with Gasteiger partial charge in [0.2, 0.25) is 0 Å². The van der Waals surface area contributed by atoms with Gasteiger partial charge in [-0.15, -0.1) is 0 Å². The lowest BCUT2D eigenvalue weighted by Gasteiger charge is -2.50. The molecule has 3 aliphatic heterocycles. The molecule has 19 heavy (non-hydrogen) atoms. The molecule has 3 saturated heterocycles. The highest BCUT2D eigenvalue weighted by Crippen LogP contribution is 2.28. The van der Waals surface area contributed by atoms with Crippen molar-refractivity contribution in [3.63, 3.8) is 0 Å². The van der Waals surface area contributed by atoms with Crippen LogP contribution >= 0.6 is 0 Å². The number of methoxy groups -OCH3 is 1. The van der Waals surface area contributed by atoms with E-state index in [9.17, 15) is 0 Å². The van der Waals surface area contributed by atoms with Crippen LogP contribution in [0.4, 0.5) is 0 Å². The molecule has 3 aliphatic rings. The van der Waals surface area contributed by atoms with E-state index in [1.807, 2.05) is 6.07 Å². The highest BCUT2D eigenvalue weighted by atomic mass is 16.5. The molecule has 2 atom stereocenters. The number of likely N-dealkylation sites (N-methyl/N-ethyl adjacent to an activating group) is 1. The van der Waals surface area contributed by atoms with Crippen LogP contribution < -0.4 is 10.1 Å². The van der Waals surface area contributed by atoms with Gasteiger partial charge in [-0.3, -0.25) is 9.80 Å². The van der Waals surface area contributed by atoms with E-state index in [0.29, 0.717) is 12.1 Å². The fourth-order valence-corrected chi connectivity index (χ4v) is 3.39. The van der Waals surface area contributed by atoms with Gasteiger partial charge in [-0.25, -0.2) is 0 Å². The molecule has 104 valence electrons. The predicted molar refractivity (Wildman–Crippen MR) is 76.6 cm³/mol. The van der Waals surface area contributed by atoms with E-state index in [2.05, 4.69) is 40.4 Å². The third-order valence-electron chi connectivity index (χ3n) is 4.47. The standard InChI is InChI=1S/C15H23N3O/c1-16-15(12-4-3-5-13(10-12)19-2)14-11-17-6-8-18(14)9-7-17/h3-5,10,14-16H,6-9,11H2,1-2H3. The molecule has 3 heterocycles. The summed E-state index contributed by atoms with van der Waals surface area (Å²) in [6, 6.07) is 9.38. The van der Waals surface area contributed by atoms with Crippen molar-refractivity contribution in [2.45, 2.75) is 12.1 Å². The first kappa shape index (κ1) is 12.9. The lowest BCUT2D eigenvalue weighted by Crippen LogP contribution is -2.63. The Labute approximate surface area is 115 Å². The molecule has 0 amide bonds. The first-order chi connectivity index (χ1) is 9.31. The number of piperazine rings is 3. The summed E-state index contributed by atoms with van der Waals surface area (Å²) in [6.07, 6.45) is 0. The third kappa shape index (κ3) is 2.48. The Morgan fingerprint density at radius 1 is 1.26 bits per heavy atom. The molecule has 2 bridgehead atoms. The zero-order valence-electron chi connectivity index (χ0n) is 11.8. The van der Waals surface area contributed by atoms with Crippen LogP contribution in [0.1, 0.15) is 11.6 Å². The van der Waals surface area contributed by atoms with E-state index >= 15 is 0 Å². The average molecular weight is 261 g/mol. The van der Waals surface area contributed by atoms with Gasteiger partial charge in [0.15, 0.2) is 0 Å². The topological polar surface area (TPSA) is 27.7 Å². The Morgan fingerprint density at radius 2 is 2.05 bits per heavy atom. The first-order valence-electron chi connectivity index (χ1n) is 7.09. The average Bonchev–Trinajstić information content (AvgIpc) is 2.49. The number of rotatable bonds is 4. The van der Waals surface area contributed by atoms with Crippen LogP contribution in [0, 0.1) is 0 Å². The van der Waals surface area contributed by atoms with Crippen molar-refractivity contribution in [3.8, 4) is 5.75 Å². The highest BCUT2D eigenvalue weighted by molar-refractivity contribution is 5.31. The van der Waals surface area contributed by atoms with Crippen LogP contribution in [-0.2, 0) is 0 Å². The maximum atomic E-state index is 5.35. The molecule has 0 aliphatic carbocycles. The van der Waals surface area contributed by atoms with Crippen LogP contribution in [0.15, 0.2) is 24.3 Å². The van der Waals surface area contributed by atoms with E-state index in [1.165, 1.54) is 38.3 Å². The summed E-state index contributed by atoms with van der Waals surface area (Å²) < 4.78 is 5.35. The zero-order valence-corrected chi connectivity index (χ0v) is 11.8. The number of fused-ring (bicyclic) bond motifs is 3. The Hall–Kier alpha value is -1.10. The lowest BCUT2D eigenvalue weighted by molar-refractivity contribution is -0.00256. The predicted octanol–water partition coefficient (Wildman–Crippen LogP) is 0.955. The molecule has 0 radical (unpaired) electrons. The van der Waals surface area contributed by atoms with Crippen molar-refractivity contribution < 1.29 is 4.74 Å². The van der Waals surface area contributed by atoms with E-state index in [4.69, 9.17) is 4.74 Å². The number of hydrogen-bond donors (Lipinski definition) is 1. The fourth-order valence-electron chi connectivity index (χ4n) is 3.39. The van der Waals surface area contributed by atoms with Gasteiger partial charge in [-0.05, 0) is 24.7 Å². The lowest BCUT2D eigenvalue weighted by atomic mass is 9.94. The van der Waals surface area contributed by atoms with Gasteiger partial charge in [-0.2, -0.15) is 0 Å². The van der Waals surface area contributed by atoms with Gasteiger partial charge < -0.3 is 10.1 Å². The molecule has 0 aromatic heterocycles. The van der Waals surface area contributed by atoms with Gasteiger partial charge in [0.05, 0.1) is 7.11 Å². The van der Waals surface area contributed by atoms with Gasteiger partial charge >= 0.3 is 0 Å². The minimum absolute atomic E-state index is 0.373. The van der Waals surface area contributed by atoms with Gasteiger partial charge in [0, 0.05) is 44.8 Å². The molecule has 0 spiro atoms. The van der Waals surface area contributed by atoms with Crippen molar-refractivity contribution in [1.29, 1.82) is 0 Å². The quantitative estimate of drug-likeness (QED) is 0.873. The van der Waals surface area contributed by atoms with Crippen molar-refractivity contribution in [3.05, 3.63) is 29.8 Å². The summed E-state index contributed by atoms with van der Waals surface area (Å²) in [4.78, 5) is 5.20. The summed E-state index contributed by atoms with van der Waals surface area (Å²) in [7, 11) is 3.79. The van der Waals surface area contributed by atoms with Crippen LogP contribution in [0.2, 0.25) is 0 Å². The summed E-state index contributed by atoms with van der Waals surface area (Å²) in [5.74, 6) is 0.939. The molecule has 2 unspecified atom stereocenters. The van der Waals surface area contributed by atoms with E-state index in [1.54, 1.807) is 7.11 Å². The van der Waals surface area contributed by atoms with Crippen molar-refractivity contribution >= 4 is 0 Å². The van der Waals surface area contributed by atoms with Crippen molar-refractivity contribution in [1.82, 2.24) is 15.1 Å². The minimum atomic E-state index is 0.373. The van der Waals surface area contributed by atoms with Gasteiger partial charge in [0.25, 0.3) is 0 Å². The summed E-state index contributed by atoms with van der Waals surface area (Å²) in [6.45, 7) is 6.03. The van der Waals surface area contributed by atoms with Crippen LogP contribution in [-0.4, -0.2) is 62.7 Å². The zero-order chi connectivity index (χ0) is 13.2. The van der Waals surface area contributed by atoms with E-state index in [-0.39, 0.29) is 0 Å². The summed E-state index contributed by atoms with van der Waals surface area (Å²) in [5.41, 5.74) is 1.32. The van der Waals surface area contributed by atoms with Crippen molar-refractivity contribution in [2.75, 3.05) is 46.9 Å². The Balaban J connectivity index is 1.83. The normalized spacial score (nSPS) is 31.2. The van der Waals surface area contributed by atoms with Crippen LogP contribution in [0.25, 0.3) is 0 Å². The number of ether oxygens (including phenoxy) is 1. The van der Waals surface area contributed by atoms with Crippen molar-refractivity contribution in [2.24, 2.45) is 0 Å². The fraction of sp³-hybridized carbons (Fsp3) is 0.600. The van der Waals surface area contributed by atoms with Crippen LogP contribution in [0.5, 0.6) is 5.75 Å². The SMILES string of the molecule is CNC(c1cccc(OC)c1)C1CN2CCN1CC2. The number of hydrogen-bond acceptors (Lipinski definition) is 4. The Kier molecular flexibility index (Phi) is 3.73. The number of nitrogens with zero attached hydrogens (tertiary/aromatic N) is 2. The maximum absolute atomic E-state index is 5.35. The summed E-state index contributed by atoms with van der Waals surface area (Å²) in [5, 5.41) is 3.50. The number of benzene rings is 1. The molecule has 1 aromatic carbocycles. The largest absolute Gasteiger partial charge is 0.497 e. The molecule has 0 saturated carbocycles.